The van der Waals surface area contributed by atoms with Crippen LogP contribution in [0.2, 0.25) is 0 Å². The van der Waals surface area contributed by atoms with Crippen molar-refractivity contribution in [1.29, 1.82) is 0 Å². The molecule has 0 saturated carbocycles. The summed E-state index contributed by atoms with van der Waals surface area (Å²) >= 11 is 0. The van der Waals surface area contributed by atoms with Gasteiger partial charge >= 0.3 is 0 Å². The van der Waals surface area contributed by atoms with E-state index >= 15 is 0 Å². The quantitative estimate of drug-likeness (QED) is 0.584. The molecule has 5 heteroatoms. The molecule has 0 bridgehead atoms. The molecular formula is C7H15N5. The Bertz CT molecular complexity index is 265. The molecule has 0 saturated heterocycles. The summed E-state index contributed by atoms with van der Waals surface area (Å²) in [4.78, 5) is 0. The van der Waals surface area contributed by atoms with Gasteiger partial charge in [-0.25, -0.2) is 4.68 Å². The average Bonchev–Trinajstić information content (AvgIpc) is 2.33. The molecule has 0 aliphatic heterocycles. The van der Waals surface area contributed by atoms with Gasteiger partial charge in [0.15, 0.2) is 0 Å². The summed E-state index contributed by atoms with van der Waals surface area (Å²) in [7, 11) is 1.85. The van der Waals surface area contributed by atoms with Crippen molar-refractivity contribution in [2.75, 3.05) is 18.5 Å². The lowest BCUT2D eigenvalue weighted by atomic mass is 10.3. The van der Waals surface area contributed by atoms with Crippen molar-refractivity contribution in [2.24, 2.45) is 0 Å². The third kappa shape index (κ3) is 1.35. The smallest absolute Gasteiger partial charge is 0.145 e. The number of anilines is 2. The van der Waals surface area contributed by atoms with Crippen LogP contribution in [0.3, 0.4) is 0 Å². The standard InChI is InChI=1S/C7H15N5/c1-3-12-7(9)6(8)5(11-12)4-10-2/h10H,3-4,8-9H2,1-2H3. The molecule has 0 aliphatic carbocycles. The van der Waals surface area contributed by atoms with Crippen molar-refractivity contribution >= 4 is 11.5 Å². The normalized spacial score (nSPS) is 10.5. The molecule has 0 atom stereocenters. The van der Waals surface area contributed by atoms with Crippen LogP contribution in [-0.2, 0) is 13.1 Å². The van der Waals surface area contributed by atoms with Crippen LogP contribution < -0.4 is 16.8 Å². The van der Waals surface area contributed by atoms with E-state index in [1.807, 2.05) is 14.0 Å². The predicted molar refractivity (Wildman–Crippen MR) is 49.5 cm³/mol. The van der Waals surface area contributed by atoms with Crippen molar-refractivity contribution in [2.45, 2.75) is 20.0 Å². The summed E-state index contributed by atoms with van der Waals surface area (Å²) in [6.45, 7) is 3.38. The largest absolute Gasteiger partial charge is 0.394 e. The second-order valence-corrected chi connectivity index (χ2v) is 2.59. The lowest BCUT2D eigenvalue weighted by Gasteiger charge is -1.96. The lowest BCUT2D eigenvalue weighted by molar-refractivity contribution is 0.645. The molecule has 1 rings (SSSR count). The van der Waals surface area contributed by atoms with Gasteiger partial charge in [0.2, 0.25) is 0 Å². The Labute approximate surface area is 71.7 Å². The molecule has 0 amide bonds. The molecule has 0 unspecified atom stereocenters. The second kappa shape index (κ2) is 3.44. The zero-order chi connectivity index (χ0) is 9.14. The molecule has 1 aromatic heterocycles. The number of nitrogens with zero attached hydrogens (tertiary/aromatic N) is 2. The SMILES string of the molecule is CCn1nc(CNC)c(N)c1N. The Morgan fingerprint density at radius 1 is 1.50 bits per heavy atom. The average molecular weight is 169 g/mol. The number of nitrogen functional groups attached to an aromatic ring is 2. The molecule has 12 heavy (non-hydrogen) atoms. The van der Waals surface area contributed by atoms with Crippen LogP contribution in [0.4, 0.5) is 11.5 Å². The molecule has 0 fully saturated rings. The van der Waals surface area contributed by atoms with Gasteiger partial charge < -0.3 is 16.8 Å². The van der Waals surface area contributed by atoms with Crippen LogP contribution >= 0.6 is 0 Å². The minimum atomic E-state index is 0.558. The third-order valence-corrected chi connectivity index (χ3v) is 1.75. The summed E-state index contributed by atoms with van der Waals surface area (Å²) in [6, 6.07) is 0. The number of hydrogen-bond acceptors (Lipinski definition) is 4. The van der Waals surface area contributed by atoms with E-state index in [2.05, 4.69) is 10.4 Å². The molecule has 0 spiro atoms. The van der Waals surface area contributed by atoms with Gasteiger partial charge in [0, 0.05) is 13.1 Å². The van der Waals surface area contributed by atoms with Gasteiger partial charge in [-0.1, -0.05) is 0 Å². The van der Waals surface area contributed by atoms with Gasteiger partial charge in [0.25, 0.3) is 0 Å². The highest BCUT2D eigenvalue weighted by molar-refractivity contribution is 5.62. The van der Waals surface area contributed by atoms with E-state index in [1.54, 1.807) is 4.68 Å². The molecule has 0 aliphatic rings. The van der Waals surface area contributed by atoms with Crippen LogP contribution in [0.15, 0.2) is 0 Å². The Balaban J connectivity index is 2.98. The number of nitrogens with one attached hydrogen (secondary N) is 1. The van der Waals surface area contributed by atoms with Crippen LogP contribution in [-0.4, -0.2) is 16.8 Å². The third-order valence-electron chi connectivity index (χ3n) is 1.75. The highest BCUT2D eigenvalue weighted by Gasteiger charge is 2.09. The van der Waals surface area contributed by atoms with Crippen LogP contribution in [0.5, 0.6) is 0 Å². The Morgan fingerprint density at radius 2 is 2.17 bits per heavy atom. The van der Waals surface area contributed by atoms with Crippen molar-refractivity contribution < 1.29 is 0 Å². The Kier molecular flexibility index (Phi) is 2.54. The van der Waals surface area contributed by atoms with Crippen LogP contribution in [0, 0.1) is 0 Å². The van der Waals surface area contributed by atoms with E-state index in [-0.39, 0.29) is 0 Å². The zero-order valence-corrected chi connectivity index (χ0v) is 7.46. The van der Waals surface area contributed by atoms with Crippen LogP contribution in [0.25, 0.3) is 0 Å². The predicted octanol–water partition coefficient (Wildman–Crippen LogP) is -0.213. The van der Waals surface area contributed by atoms with Gasteiger partial charge in [0.05, 0.1) is 5.69 Å². The van der Waals surface area contributed by atoms with Crippen LogP contribution in [0.1, 0.15) is 12.6 Å². The number of rotatable bonds is 3. The van der Waals surface area contributed by atoms with Crippen molar-refractivity contribution in [3.63, 3.8) is 0 Å². The van der Waals surface area contributed by atoms with E-state index in [0.29, 0.717) is 18.1 Å². The number of aromatic nitrogens is 2. The van der Waals surface area contributed by atoms with Crippen molar-refractivity contribution in [3.8, 4) is 0 Å². The highest BCUT2D eigenvalue weighted by Crippen LogP contribution is 2.18. The maximum Gasteiger partial charge on any atom is 0.145 e. The minimum Gasteiger partial charge on any atom is -0.394 e. The Morgan fingerprint density at radius 3 is 2.58 bits per heavy atom. The van der Waals surface area contributed by atoms with E-state index in [9.17, 15) is 0 Å². The summed E-state index contributed by atoms with van der Waals surface area (Å²) in [6.07, 6.45) is 0. The zero-order valence-electron chi connectivity index (χ0n) is 7.46. The Hall–Kier alpha value is -1.23. The first-order valence-corrected chi connectivity index (χ1v) is 3.96. The van der Waals surface area contributed by atoms with Crippen molar-refractivity contribution in [1.82, 2.24) is 15.1 Å². The van der Waals surface area contributed by atoms with E-state index < -0.39 is 0 Å². The van der Waals surface area contributed by atoms with E-state index in [1.165, 1.54) is 0 Å². The van der Waals surface area contributed by atoms with E-state index in [4.69, 9.17) is 11.5 Å². The molecule has 0 aromatic carbocycles. The molecule has 5 N–H and O–H groups in total. The summed E-state index contributed by atoms with van der Waals surface area (Å²) in [5.74, 6) is 0.558. The lowest BCUT2D eigenvalue weighted by Crippen LogP contribution is -2.08. The van der Waals surface area contributed by atoms with Gasteiger partial charge in [-0.2, -0.15) is 5.10 Å². The maximum absolute atomic E-state index is 5.72. The first-order valence-electron chi connectivity index (χ1n) is 3.96. The molecule has 0 radical (unpaired) electrons. The summed E-state index contributed by atoms with van der Waals surface area (Å²) in [5.41, 5.74) is 12.8. The molecular weight excluding hydrogens is 154 g/mol. The highest BCUT2D eigenvalue weighted by atomic mass is 15.3. The molecule has 1 heterocycles. The van der Waals surface area contributed by atoms with Gasteiger partial charge in [-0.05, 0) is 14.0 Å². The molecule has 68 valence electrons. The first kappa shape index (κ1) is 8.86. The summed E-state index contributed by atoms with van der Waals surface area (Å²) in [5, 5.41) is 7.20. The fourth-order valence-electron chi connectivity index (χ4n) is 1.08. The minimum absolute atomic E-state index is 0.558. The fraction of sp³-hybridized carbons (Fsp3) is 0.571. The molecule has 5 nitrogen and oxygen atoms in total. The topological polar surface area (TPSA) is 81.9 Å². The number of nitrogens with two attached hydrogens (primary N) is 2. The monoisotopic (exact) mass is 169 g/mol. The number of aryl methyl sites for hydroxylation is 1. The van der Waals surface area contributed by atoms with Gasteiger partial charge in [-0.15, -0.1) is 0 Å². The summed E-state index contributed by atoms with van der Waals surface area (Å²) < 4.78 is 1.70. The van der Waals surface area contributed by atoms with Gasteiger partial charge in [0.1, 0.15) is 11.5 Å². The number of hydrogen-bond donors (Lipinski definition) is 3. The van der Waals surface area contributed by atoms with Crippen molar-refractivity contribution in [3.05, 3.63) is 5.69 Å². The molecule has 1 aromatic rings. The first-order chi connectivity index (χ1) is 5.70. The van der Waals surface area contributed by atoms with Gasteiger partial charge in [-0.3, -0.25) is 0 Å². The maximum atomic E-state index is 5.72. The fourth-order valence-corrected chi connectivity index (χ4v) is 1.08. The van der Waals surface area contributed by atoms with E-state index in [0.717, 1.165) is 12.2 Å². The second-order valence-electron chi connectivity index (χ2n) is 2.59.